The van der Waals surface area contributed by atoms with Gasteiger partial charge in [-0.05, 0) is 11.6 Å². The minimum absolute atomic E-state index is 0.0475. The number of carbonyl (C=O) groups is 1. The van der Waals surface area contributed by atoms with Crippen LogP contribution in [0.1, 0.15) is 5.56 Å². The Bertz CT molecular complexity index is 433. The van der Waals surface area contributed by atoms with Crippen molar-refractivity contribution < 1.29 is 4.79 Å². The average Bonchev–Trinajstić information content (AvgIpc) is 2.59. The predicted octanol–water partition coefficient (Wildman–Crippen LogP) is 1.20. The fraction of sp³-hybridized carbons (Fsp3) is 0.364. The molecule has 4 heteroatoms. The topological polar surface area (TPSA) is 32.3 Å². The summed E-state index contributed by atoms with van der Waals surface area (Å²) in [6.45, 7) is 1.56. The molecule has 1 unspecified atom stereocenters. The highest BCUT2D eigenvalue weighted by molar-refractivity contribution is 6.33. The van der Waals surface area contributed by atoms with E-state index < -0.39 is 0 Å². The van der Waals surface area contributed by atoms with Crippen molar-refractivity contribution in [2.45, 2.75) is 12.5 Å². The van der Waals surface area contributed by atoms with Gasteiger partial charge in [0.2, 0.25) is 5.91 Å². The SMILES string of the molecule is O=C1NCCN2c3c(Cl)cccc3CC12. The first-order valence-electron chi connectivity index (χ1n) is 5.09. The number of anilines is 1. The molecular formula is C11H11ClN2O. The molecule has 0 saturated carbocycles. The second-order valence-corrected chi connectivity index (χ2v) is 4.36. The summed E-state index contributed by atoms with van der Waals surface area (Å²) < 4.78 is 0. The molecule has 3 rings (SSSR count). The van der Waals surface area contributed by atoms with Crippen molar-refractivity contribution >= 4 is 23.2 Å². The van der Waals surface area contributed by atoms with E-state index in [9.17, 15) is 4.79 Å². The lowest BCUT2D eigenvalue weighted by atomic mass is 10.1. The quantitative estimate of drug-likeness (QED) is 0.716. The van der Waals surface area contributed by atoms with Crippen LogP contribution in [0.2, 0.25) is 5.02 Å². The van der Waals surface area contributed by atoms with Gasteiger partial charge in [-0.2, -0.15) is 0 Å². The molecule has 0 aromatic heterocycles. The van der Waals surface area contributed by atoms with Crippen LogP contribution in [0.15, 0.2) is 18.2 Å². The van der Waals surface area contributed by atoms with Gasteiger partial charge in [-0.1, -0.05) is 23.7 Å². The minimum Gasteiger partial charge on any atom is -0.356 e. The summed E-state index contributed by atoms with van der Waals surface area (Å²) in [7, 11) is 0. The maximum Gasteiger partial charge on any atom is 0.243 e. The largest absolute Gasteiger partial charge is 0.356 e. The number of nitrogens with one attached hydrogen (secondary N) is 1. The van der Waals surface area contributed by atoms with Crippen LogP contribution in [0.25, 0.3) is 0 Å². The number of hydrogen-bond acceptors (Lipinski definition) is 2. The third kappa shape index (κ3) is 1.23. The van der Waals surface area contributed by atoms with Gasteiger partial charge in [0, 0.05) is 19.5 Å². The number of rotatable bonds is 0. The molecule has 1 amide bonds. The number of halogens is 1. The molecule has 0 spiro atoms. The van der Waals surface area contributed by atoms with E-state index in [0.717, 1.165) is 23.7 Å². The second kappa shape index (κ2) is 3.14. The molecule has 0 aliphatic carbocycles. The van der Waals surface area contributed by atoms with Crippen LogP contribution in [0, 0.1) is 0 Å². The van der Waals surface area contributed by atoms with Crippen molar-refractivity contribution in [1.29, 1.82) is 0 Å². The maximum absolute atomic E-state index is 11.7. The monoisotopic (exact) mass is 222 g/mol. The van der Waals surface area contributed by atoms with Crippen LogP contribution < -0.4 is 10.2 Å². The summed E-state index contributed by atoms with van der Waals surface area (Å²) in [5.41, 5.74) is 2.24. The standard InChI is InChI=1S/C11H11ClN2O/c12-8-3-1-2-7-6-9-11(15)13-4-5-14(9)10(7)8/h1-3,9H,4-6H2,(H,13,15). The van der Waals surface area contributed by atoms with E-state index in [-0.39, 0.29) is 11.9 Å². The molecule has 1 N–H and O–H groups in total. The van der Waals surface area contributed by atoms with Crippen LogP contribution in [-0.4, -0.2) is 25.0 Å². The number of fused-ring (bicyclic) bond motifs is 3. The highest BCUT2D eigenvalue weighted by atomic mass is 35.5. The van der Waals surface area contributed by atoms with Crippen molar-refractivity contribution in [1.82, 2.24) is 5.32 Å². The van der Waals surface area contributed by atoms with E-state index in [0.29, 0.717) is 6.54 Å². The van der Waals surface area contributed by atoms with Gasteiger partial charge < -0.3 is 10.2 Å². The first-order valence-corrected chi connectivity index (χ1v) is 5.47. The molecule has 0 bridgehead atoms. The number of piperazine rings is 1. The molecule has 2 aliphatic rings. The van der Waals surface area contributed by atoms with Gasteiger partial charge in [-0.3, -0.25) is 4.79 Å². The Kier molecular flexibility index (Phi) is 1.89. The first kappa shape index (κ1) is 9.04. The van der Waals surface area contributed by atoms with Gasteiger partial charge in [0.25, 0.3) is 0 Å². The molecule has 3 nitrogen and oxygen atoms in total. The smallest absolute Gasteiger partial charge is 0.243 e. The van der Waals surface area contributed by atoms with Crippen LogP contribution in [0.3, 0.4) is 0 Å². The number of para-hydroxylation sites is 1. The second-order valence-electron chi connectivity index (χ2n) is 3.95. The molecular weight excluding hydrogens is 212 g/mol. The first-order chi connectivity index (χ1) is 7.27. The van der Waals surface area contributed by atoms with Gasteiger partial charge in [0.1, 0.15) is 6.04 Å². The Morgan fingerprint density at radius 3 is 3.20 bits per heavy atom. The molecule has 78 valence electrons. The van der Waals surface area contributed by atoms with Crippen LogP contribution in [-0.2, 0) is 11.2 Å². The highest BCUT2D eigenvalue weighted by Gasteiger charge is 2.37. The van der Waals surface area contributed by atoms with E-state index in [2.05, 4.69) is 10.2 Å². The number of hydrogen-bond donors (Lipinski definition) is 1. The summed E-state index contributed by atoms with van der Waals surface area (Å²) in [4.78, 5) is 13.8. The molecule has 1 aromatic rings. The molecule has 0 radical (unpaired) electrons. The molecule has 1 atom stereocenters. The van der Waals surface area contributed by atoms with E-state index >= 15 is 0 Å². The normalized spacial score (nSPS) is 23.4. The Labute approximate surface area is 93.0 Å². The molecule has 2 heterocycles. The van der Waals surface area contributed by atoms with Gasteiger partial charge in [0.05, 0.1) is 10.7 Å². The van der Waals surface area contributed by atoms with Crippen molar-refractivity contribution in [3.05, 3.63) is 28.8 Å². The molecule has 1 saturated heterocycles. The van der Waals surface area contributed by atoms with Crippen LogP contribution in [0.4, 0.5) is 5.69 Å². The third-order valence-electron chi connectivity index (χ3n) is 3.10. The summed E-state index contributed by atoms with van der Waals surface area (Å²) in [6, 6.07) is 5.83. The number of nitrogens with zero attached hydrogens (tertiary/aromatic N) is 1. The molecule has 2 aliphatic heterocycles. The molecule has 1 fully saturated rings. The zero-order valence-electron chi connectivity index (χ0n) is 8.16. The lowest BCUT2D eigenvalue weighted by molar-refractivity contribution is -0.123. The molecule has 15 heavy (non-hydrogen) atoms. The average molecular weight is 223 g/mol. The molecule has 1 aromatic carbocycles. The zero-order valence-corrected chi connectivity index (χ0v) is 8.92. The summed E-state index contributed by atoms with van der Waals surface area (Å²) in [6.07, 6.45) is 0.779. The lowest BCUT2D eigenvalue weighted by Crippen LogP contribution is -2.53. The highest BCUT2D eigenvalue weighted by Crippen LogP contribution is 2.38. The third-order valence-corrected chi connectivity index (χ3v) is 3.41. The fourth-order valence-corrected chi connectivity index (χ4v) is 2.74. The van der Waals surface area contributed by atoms with Crippen molar-refractivity contribution in [2.24, 2.45) is 0 Å². The Morgan fingerprint density at radius 1 is 1.47 bits per heavy atom. The van der Waals surface area contributed by atoms with Gasteiger partial charge in [0.15, 0.2) is 0 Å². The van der Waals surface area contributed by atoms with E-state index in [1.807, 2.05) is 18.2 Å². The van der Waals surface area contributed by atoms with Crippen molar-refractivity contribution in [2.75, 3.05) is 18.0 Å². The zero-order chi connectivity index (χ0) is 10.4. The minimum atomic E-state index is -0.0475. The van der Waals surface area contributed by atoms with Gasteiger partial charge in [-0.25, -0.2) is 0 Å². The Morgan fingerprint density at radius 2 is 2.33 bits per heavy atom. The number of carbonyl (C=O) groups excluding carboxylic acids is 1. The van der Waals surface area contributed by atoms with E-state index in [1.165, 1.54) is 5.56 Å². The lowest BCUT2D eigenvalue weighted by Gasteiger charge is -2.31. The Hall–Kier alpha value is -1.22. The summed E-state index contributed by atoms with van der Waals surface area (Å²) >= 11 is 6.16. The van der Waals surface area contributed by atoms with Crippen LogP contribution >= 0.6 is 11.6 Å². The fourth-order valence-electron chi connectivity index (χ4n) is 2.44. The predicted molar refractivity (Wildman–Crippen MR) is 59.3 cm³/mol. The Balaban J connectivity index is 2.09. The van der Waals surface area contributed by atoms with E-state index in [4.69, 9.17) is 11.6 Å². The number of benzene rings is 1. The van der Waals surface area contributed by atoms with Gasteiger partial charge >= 0.3 is 0 Å². The van der Waals surface area contributed by atoms with Gasteiger partial charge in [-0.15, -0.1) is 0 Å². The summed E-state index contributed by atoms with van der Waals surface area (Å²) in [5.74, 6) is 0.119. The van der Waals surface area contributed by atoms with Crippen molar-refractivity contribution in [3.8, 4) is 0 Å². The van der Waals surface area contributed by atoms with E-state index in [1.54, 1.807) is 0 Å². The van der Waals surface area contributed by atoms with Crippen LogP contribution in [0.5, 0.6) is 0 Å². The van der Waals surface area contributed by atoms with Crippen molar-refractivity contribution in [3.63, 3.8) is 0 Å². The maximum atomic E-state index is 11.7. The number of amides is 1. The summed E-state index contributed by atoms with van der Waals surface area (Å²) in [5, 5.41) is 3.64.